The Morgan fingerprint density at radius 1 is 1.59 bits per heavy atom. The first-order valence-corrected chi connectivity index (χ1v) is 6.06. The summed E-state index contributed by atoms with van der Waals surface area (Å²) in [5.74, 6) is 0.955. The quantitative estimate of drug-likeness (QED) is 0.849. The van der Waals surface area contributed by atoms with Crippen molar-refractivity contribution in [3.05, 3.63) is 24.2 Å². The minimum Gasteiger partial charge on any atom is -0.467 e. The van der Waals surface area contributed by atoms with Gasteiger partial charge in [0.05, 0.1) is 12.8 Å². The normalized spacial score (nSPS) is 15.9. The summed E-state index contributed by atoms with van der Waals surface area (Å²) >= 11 is 0. The second kappa shape index (κ2) is 4.53. The van der Waals surface area contributed by atoms with Crippen molar-refractivity contribution in [2.75, 3.05) is 0 Å². The van der Waals surface area contributed by atoms with Gasteiger partial charge in [0.1, 0.15) is 5.76 Å². The third-order valence-corrected chi connectivity index (χ3v) is 2.82. The molecule has 17 heavy (non-hydrogen) atoms. The zero-order valence-corrected chi connectivity index (χ0v) is 10.5. The fourth-order valence-electron chi connectivity index (χ4n) is 1.87. The molecule has 0 aliphatic heterocycles. The smallest absolute Gasteiger partial charge is 0.225 e. The summed E-state index contributed by atoms with van der Waals surface area (Å²) < 4.78 is 5.30. The van der Waals surface area contributed by atoms with Crippen LogP contribution in [0, 0.1) is 0 Å². The topological polar surface area (TPSA) is 59.5 Å². The Bertz CT molecular complexity index is 375. The lowest BCUT2D eigenvalue weighted by Crippen LogP contribution is -2.41. The van der Waals surface area contributed by atoms with E-state index < -0.39 is 5.54 Å². The summed E-state index contributed by atoms with van der Waals surface area (Å²) in [6, 6.07) is 4.13. The second-order valence-corrected chi connectivity index (χ2v) is 5.50. The van der Waals surface area contributed by atoms with E-state index in [1.54, 1.807) is 6.26 Å². The van der Waals surface area contributed by atoms with Gasteiger partial charge >= 0.3 is 0 Å². The van der Waals surface area contributed by atoms with Crippen LogP contribution in [0.25, 0.3) is 0 Å². The Kier molecular flexibility index (Phi) is 3.24. The largest absolute Gasteiger partial charge is 0.467 e. The molecule has 1 aromatic rings. The highest BCUT2D eigenvalue weighted by Gasteiger charge is 2.34. The zero-order chi connectivity index (χ0) is 12.5. The summed E-state index contributed by atoms with van der Waals surface area (Å²) in [4.78, 5) is 14.1. The van der Waals surface area contributed by atoms with E-state index in [9.17, 15) is 4.79 Å². The maximum atomic E-state index is 12.2. The van der Waals surface area contributed by atoms with E-state index in [2.05, 4.69) is 0 Å². The van der Waals surface area contributed by atoms with Crippen LogP contribution in [-0.2, 0) is 11.3 Å². The molecule has 94 valence electrons. The molecule has 2 rings (SSSR count). The van der Waals surface area contributed by atoms with Crippen LogP contribution in [0.3, 0.4) is 0 Å². The van der Waals surface area contributed by atoms with Crippen LogP contribution in [-0.4, -0.2) is 22.4 Å². The number of carbonyl (C=O) groups excluding carboxylic acids is 1. The molecule has 1 heterocycles. The molecular weight excluding hydrogens is 216 g/mol. The van der Waals surface area contributed by atoms with Crippen LogP contribution in [0.1, 0.15) is 38.9 Å². The molecule has 0 radical (unpaired) electrons. The number of rotatable bonds is 5. The molecule has 4 nitrogen and oxygen atoms in total. The van der Waals surface area contributed by atoms with Gasteiger partial charge in [-0.25, -0.2) is 0 Å². The molecule has 0 bridgehead atoms. The van der Waals surface area contributed by atoms with Crippen molar-refractivity contribution < 1.29 is 9.21 Å². The van der Waals surface area contributed by atoms with Gasteiger partial charge in [0.25, 0.3) is 0 Å². The van der Waals surface area contributed by atoms with Gasteiger partial charge in [0.15, 0.2) is 0 Å². The number of hydrogen-bond acceptors (Lipinski definition) is 3. The van der Waals surface area contributed by atoms with Crippen LogP contribution < -0.4 is 5.73 Å². The lowest BCUT2D eigenvalue weighted by molar-refractivity contribution is -0.133. The van der Waals surface area contributed by atoms with Gasteiger partial charge in [-0.05, 0) is 38.8 Å². The molecule has 1 saturated carbocycles. The van der Waals surface area contributed by atoms with Crippen molar-refractivity contribution in [1.82, 2.24) is 4.90 Å². The highest BCUT2D eigenvalue weighted by molar-refractivity contribution is 5.78. The third kappa shape index (κ3) is 3.60. The zero-order valence-electron chi connectivity index (χ0n) is 10.5. The van der Waals surface area contributed by atoms with Gasteiger partial charge in [-0.15, -0.1) is 0 Å². The van der Waals surface area contributed by atoms with E-state index in [1.807, 2.05) is 30.9 Å². The van der Waals surface area contributed by atoms with Crippen LogP contribution in [0.15, 0.2) is 22.8 Å². The SMILES string of the molecule is CC(C)(N)CC(=O)N(Cc1ccco1)C1CC1. The molecule has 4 heteroatoms. The first-order chi connectivity index (χ1) is 7.96. The maximum Gasteiger partial charge on any atom is 0.225 e. The Morgan fingerprint density at radius 3 is 2.76 bits per heavy atom. The number of hydrogen-bond donors (Lipinski definition) is 1. The standard InChI is InChI=1S/C13H20N2O2/c1-13(2,14)8-12(16)15(10-5-6-10)9-11-4-3-7-17-11/h3-4,7,10H,5-6,8-9,14H2,1-2H3. The molecule has 0 aromatic carbocycles. The van der Waals surface area contributed by atoms with Gasteiger partial charge in [0, 0.05) is 18.0 Å². The Balaban J connectivity index is 1.99. The molecule has 0 spiro atoms. The molecule has 2 N–H and O–H groups in total. The van der Waals surface area contributed by atoms with Crippen molar-refractivity contribution in [1.29, 1.82) is 0 Å². The summed E-state index contributed by atoms with van der Waals surface area (Å²) in [5.41, 5.74) is 5.45. The van der Waals surface area contributed by atoms with E-state index >= 15 is 0 Å². The van der Waals surface area contributed by atoms with Gasteiger partial charge < -0.3 is 15.1 Å². The average Bonchev–Trinajstić information content (AvgIpc) is 2.89. The number of amides is 1. The Hall–Kier alpha value is -1.29. The van der Waals surface area contributed by atoms with Crippen molar-refractivity contribution in [2.45, 2.75) is 51.2 Å². The van der Waals surface area contributed by atoms with Crippen LogP contribution >= 0.6 is 0 Å². The molecule has 1 aliphatic rings. The minimum atomic E-state index is -0.451. The van der Waals surface area contributed by atoms with Crippen molar-refractivity contribution in [3.8, 4) is 0 Å². The monoisotopic (exact) mass is 236 g/mol. The first-order valence-electron chi connectivity index (χ1n) is 6.06. The van der Waals surface area contributed by atoms with E-state index in [-0.39, 0.29) is 5.91 Å². The molecule has 1 aromatic heterocycles. The minimum absolute atomic E-state index is 0.122. The number of carbonyl (C=O) groups is 1. The first kappa shape index (κ1) is 12.2. The molecule has 0 saturated heterocycles. The van der Waals surface area contributed by atoms with Gasteiger partial charge in [-0.2, -0.15) is 0 Å². The van der Waals surface area contributed by atoms with Gasteiger partial charge in [-0.1, -0.05) is 0 Å². The second-order valence-electron chi connectivity index (χ2n) is 5.50. The lowest BCUT2D eigenvalue weighted by atomic mass is 10.0. The Labute approximate surface area is 102 Å². The molecular formula is C13H20N2O2. The fraction of sp³-hybridized carbons (Fsp3) is 0.615. The van der Waals surface area contributed by atoms with Gasteiger partial charge in [0.2, 0.25) is 5.91 Å². The number of nitrogens with zero attached hydrogens (tertiary/aromatic N) is 1. The lowest BCUT2D eigenvalue weighted by Gasteiger charge is -2.26. The predicted octanol–water partition coefficient (Wildman–Crippen LogP) is 1.90. The van der Waals surface area contributed by atoms with E-state index in [0.29, 0.717) is 19.0 Å². The van der Waals surface area contributed by atoms with Crippen molar-refractivity contribution in [3.63, 3.8) is 0 Å². The highest BCUT2D eigenvalue weighted by Crippen LogP contribution is 2.29. The van der Waals surface area contributed by atoms with Crippen LogP contribution in [0.5, 0.6) is 0 Å². The molecule has 1 amide bonds. The summed E-state index contributed by atoms with van der Waals surface area (Å²) in [7, 11) is 0. The number of nitrogens with two attached hydrogens (primary N) is 1. The van der Waals surface area contributed by atoms with Crippen LogP contribution in [0.2, 0.25) is 0 Å². The van der Waals surface area contributed by atoms with Crippen molar-refractivity contribution in [2.24, 2.45) is 5.73 Å². The predicted molar refractivity (Wildman–Crippen MR) is 65.2 cm³/mol. The van der Waals surface area contributed by atoms with Crippen molar-refractivity contribution >= 4 is 5.91 Å². The van der Waals surface area contributed by atoms with E-state index in [0.717, 1.165) is 18.6 Å². The van der Waals surface area contributed by atoms with E-state index in [4.69, 9.17) is 10.2 Å². The Morgan fingerprint density at radius 2 is 2.29 bits per heavy atom. The summed E-state index contributed by atoms with van der Waals surface area (Å²) in [6.45, 7) is 4.32. The third-order valence-electron chi connectivity index (χ3n) is 2.82. The van der Waals surface area contributed by atoms with E-state index in [1.165, 1.54) is 0 Å². The van der Waals surface area contributed by atoms with Gasteiger partial charge in [-0.3, -0.25) is 4.79 Å². The summed E-state index contributed by atoms with van der Waals surface area (Å²) in [5, 5.41) is 0. The van der Waals surface area contributed by atoms with Crippen LogP contribution in [0.4, 0.5) is 0 Å². The molecule has 0 atom stereocenters. The molecule has 0 unspecified atom stereocenters. The molecule has 1 fully saturated rings. The number of furan rings is 1. The highest BCUT2D eigenvalue weighted by atomic mass is 16.3. The summed E-state index contributed by atoms with van der Waals surface area (Å²) in [6.07, 6.45) is 4.21. The molecule has 1 aliphatic carbocycles. The average molecular weight is 236 g/mol. The fourth-order valence-corrected chi connectivity index (χ4v) is 1.87. The maximum absolute atomic E-state index is 12.2.